The van der Waals surface area contributed by atoms with E-state index in [0.29, 0.717) is 0 Å². The molecule has 4 rings (SSSR count). The maximum atomic E-state index is 12.8. The summed E-state index contributed by atoms with van der Waals surface area (Å²) in [7, 11) is 1.40. The molecule has 0 aliphatic heterocycles. The maximum absolute atomic E-state index is 12.8. The summed E-state index contributed by atoms with van der Waals surface area (Å²) in [6.07, 6.45) is 1.18. The van der Waals surface area contributed by atoms with Crippen LogP contribution in [-0.4, -0.2) is 55.5 Å². The highest BCUT2D eigenvalue weighted by molar-refractivity contribution is 5.86. The lowest BCUT2D eigenvalue weighted by Gasteiger charge is -2.33. The smallest absolute Gasteiger partial charge is 0.407 e. The van der Waals surface area contributed by atoms with Crippen LogP contribution in [0.2, 0.25) is 0 Å². The van der Waals surface area contributed by atoms with Gasteiger partial charge in [0.05, 0.1) is 12.5 Å². The molecule has 2 aromatic carbocycles. The molecular formula is C26H30N2O6. The van der Waals surface area contributed by atoms with E-state index in [1.54, 1.807) is 0 Å². The van der Waals surface area contributed by atoms with Crippen LogP contribution in [0.4, 0.5) is 4.79 Å². The van der Waals surface area contributed by atoms with Gasteiger partial charge in [-0.15, -0.1) is 0 Å². The number of amides is 2. The molecule has 0 spiro atoms. The third-order valence-corrected chi connectivity index (χ3v) is 6.76. The molecule has 2 amide bonds. The van der Waals surface area contributed by atoms with Crippen LogP contribution in [0.3, 0.4) is 0 Å². The molecule has 34 heavy (non-hydrogen) atoms. The summed E-state index contributed by atoms with van der Waals surface area (Å²) in [4.78, 5) is 36.5. The number of fused-ring (bicyclic) bond motifs is 3. The van der Waals surface area contributed by atoms with Crippen molar-refractivity contribution in [2.45, 2.75) is 43.7 Å². The number of rotatable bonds is 10. The predicted molar refractivity (Wildman–Crippen MR) is 125 cm³/mol. The first-order valence-electron chi connectivity index (χ1n) is 11.6. The van der Waals surface area contributed by atoms with E-state index in [1.807, 2.05) is 24.3 Å². The fraction of sp³-hybridized carbons (Fsp3) is 0.423. The van der Waals surface area contributed by atoms with E-state index in [2.05, 4.69) is 34.9 Å². The predicted octanol–water partition coefficient (Wildman–Crippen LogP) is 3.30. The Morgan fingerprint density at radius 1 is 1.03 bits per heavy atom. The van der Waals surface area contributed by atoms with Crippen molar-refractivity contribution in [2.24, 2.45) is 5.92 Å². The minimum absolute atomic E-state index is 0.0287. The molecule has 2 unspecified atom stereocenters. The van der Waals surface area contributed by atoms with Gasteiger partial charge in [0.2, 0.25) is 5.91 Å². The van der Waals surface area contributed by atoms with E-state index in [4.69, 9.17) is 14.6 Å². The summed E-state index contributed by atoms with van der Waals surface area (Å²) in [6.45, 7) is 0.223. The molecule has 2 aliphatic rings. The summed E-state index contributed by atoms with van der Waals surface area (Å²) >= 11 is 0. The highest BCUT2D eigenvalue weighted by atomic mass is 16.5. The number of alkyl carbamates (subject to hydrolysis) is 1. The number of hydrogen-bond acceptors (Lipinski definition) is 5. The van der Waals surface area contributed by atoms with Crippen molar-refractivity contribution >= 4 is 18.0 Å². The van der Waals surface area contributed by atoms with Gasteiger partial charge in [-0.05, 0) is 41.0 Å². The number of methoxy groups -OCH3 is 1. The lowest BCUT2D eigenvalue weighted by molar-refractivity contribution is -0.140. The number of carbonyl (C=O) groups is 3. The zero-order chi connectivity index (χ0) is 24.1. The molecular weight excluding hydrogens is 436 g/mol. The molecule has 1 saturated carbocycles. The van der Waals surface area contributed by atoms with Crippen molar-refractivity contribution in [2.75, 3.05) is 20.3 Å². The highest BCUT2D eigenvalue weighted by Gasteiger charge is 2.35. The minimum atomic E-state index is -1.01. The topological polar surface area (TPSA) is 114 Å². The van der Waals surface area contributed by atoms with E-state index in [-0.39, 0.29) is 37.3 Å². The number of hydrogen-bond donors (Lipinski definition) is 3. The van der Waals surface area contributed by atoms with E-state index >= 15 is 0 Å². The number of ether oxygens (including phenoxy) is 2. The standard InChI is InChI=1S/C26H30N2O6/c1-33-17(13-23(29)30)14-27-25(31)24(16-7-6-8-16)28-26(32)34-15-22-20-11-4-2-9-18(20)19-10-3-5-12-21(19)22/h2-5,9-12,16-17,22,24H,6-8,13-15H2,1H3,(H,27,31)(H,28,32)(H,29,30). The van der Waals surface area contributed by atoms with Gasteiger partial charge in [0.15, 0.2) is 0 Å². The Hall–Kier alpha value is -3.39. The molecule has 8 heteroatoms. The molecule has 2 atom stereocenters. The average molecular weight is 467 g/mol. The van der Waals surface area contributed by atoms with E-state index in [0.717, 1.165) is 41.5 Å². The average Bonchev–Trinajstić information content (AvgIpc) is 3.12. The number of carboxylic acids is 1. The molecule has 0 saturated heterocycles. The van der Waals surface area contributed by atoms with Crippen LogP contribution in [0.1, 0.15) is 42.7 Å². The molecule has 2 aromatic rings. The van der Waals surface area contributed by atoms with Crippen LogP contribution in [0, 0.1) is 5.92 Å². The fourth-order valence-electron chi connectivity index (χ4n) is 4.70. The molecule has 0 bridgehead atoms. The van der Waals surface area contributed by atoms with Crippen LogP contribution in [0.25, 0.3) is 11.1 Å². The lowest BCUT2D eigenvalue weighted by Crippen LogP contribution is -2.53. The summed E-state index contributed by atoms with van der Waals surface area (Å²) in [5.74, 6) is -1.40. The summed E-state index contributed by atoms with van der Waals surface area (Å²) in [6, 6.07) is 15.5. The Kier molecular flexibility index (Phi) is 7.47. The van der Waals surface area contributed by atoms with Gasteiger partial charge in [-0.2, -0.15) is 0 Å². The Morgan fingerprint density at radius 3 is 2.18 bits per heavy atom. The lowest BCUT2D eigenvalue weighted by atomic mass is 9.79. The number of nitrogens with one attached hydrogen (secondary N) is 2. The van der Waals surface area contributed by atoms with Crippen LogP contribution in [0.5, 0.6) is 0 Å². The van der Waals surface area contributed by atoms with Gasteiger partial charge in [-0.3, -0.25) is 9.59 Å². The molecule has 3 N–H and O–H groups in total. The van der Waals surface area contributed by atoms with Gasteiger partial charge >= 0.3 is 12.1 Å². The number of carboxylic acid groups (broad SMARTS) is 1. The second-order valence-corrected chi connectivity index (χ2v) is 8.84. The molecule has 0 aromatic heterocycles. The SMILES string of the molecule is COC(CNC(=O)C(NC(=O)OCC1c2ccccc2-c2ccccc21)C1CCC1)CC(=O)O. The second-order valence-electron chi connectivity index (χ2n) is 8.84. The van der Waals surface area contributed by atoms with Crippen LogP contribution >= 0.6 is 0 Å². The van der Waals surface area contributed by atoms with Crippen molar-refractivity contribution in [1.82, 2.24) is 10.6 Å². The van der Waals surface area contributed by atoms with Crippen molar-refractivity contribution in [3.63, 3.8) is 0 Å². The summed E-state index contributed by atoms with van der Waals surface area (Å²) < 4.78 is 10.7. The molecule has 180 valence electrons. The van der Waals surface area contributed by atoms with E-state index in [1.165, 1.54) is 7.11 Å². The largest absolute Gasteiger partial charge is 0.481 e. The first-order chi connectivity index (χ1) is 16.5. The Morgan fingerprint density at radius 2 is 1.65 bits per heavy atom. The number of carbonyl (C=O) groups excluding carboxylic acids is 2. The molecule has 8 nitrogen and oxygen atoms in total. The molecule has 2 aliphatic carbocycles. The van der Waals surface area contributed by atoms with Crippen LogP contribution in [0.15, 0.2) is 48.5 Å². The first-order valence-corrected chi connectivity index (χ1v) is 11.6. The van der Waals surface area contributed by atoms with Crippen molar-refractivity contribution in [3.05, 3.63) is 59.7 Å². The summed E-state index contributed by atoms with van der Waals surface area (Å²) in [5.41, 5.74) is 4.53. The maximum Gasteiger partial charge on any atom is 0.407 e. The number of aliphatic carboxylic acids is 1. The van der Waals surface area contributed by atoms with Crippen LogP contribution < -0.4 is 10.6 Å². The first kappa shape index (κ1) is 23.8. The van der Waals surface area contributed by atoms with Crippen LogP contribution in [-0.2, 0) is 19.1 Å². The number of benzene rings is 2. The van der Waals surface area contributed by atoms with E-state index in [9.17, 15) is 14.4 Å². The molecule has 0 heterocycles. The van der Waals surface area contributed by atoms with Gasteiger partial charge in [0, 0.05) is 19.6 Å². The van der Waals surface area contributed by atoms with E-state index < -0.39 is 24.2 Å². The Bertz CT molecular complexity index is 1010. The van der Waals surface area contributed by atoms with Crippen molar-refractivity contribution in [1.29, 1.82) is 0 Å². The van der Waals surface area contributed by atoms with Gasteiger partial charge < -0.3 is 25.2 Å². The zero-order valence-corrected chi connectivity index (χ0v) is 19.2. The monoisotopic (exact) mass is 466 g/mol. The molecule has 0 radical (unpaired) electrons. The highest BCUT2D eigenvalue weighted by Crippen LogP contribution is 2.44. The molecule has 1 fully saturated rings. The summed E-state index contributed by atoms with van der Waals surface area (Å²) in [5, 5.41) is 14.4. The van der Waals surface area contributed by atoms with Gasteiger partial charge in [-0.25, -0.2) is 4.79 Å². The third-order valence-electron chi connectivity index (χ3n) is 6.76. The van der Waals surface area contributed by atoms with Crippen molar-refractivity contribution < 1.29 is 29.0 Å². The van der Waals surface area contributed by atoms with Gasteiger partial charge in [0.1, 0.15) is 12.6 Å². The van der Waals surface area contributed by atoms with Crippen molar-refractivity contribution in [3.8, 4) is 11.1 Å². The zero-order valence-electron chi connectivity index (χ0n) is 19.2. The normalized spacial score (nSPS) is 16.5. The second kappa shape index (κ2) is 10.7. The van der Waals surface area contributed by atoms with Gasteiger partial charge in [0.25, 0.3) is 0 Å². The quantitative estimate of drug-likeness (QED) is 0.495. The third kappa shape index (κ3) is 5.22. The minimum Gasteiger partial charge on any atom is -0.481 e. The Balaban J connectivity index is 1.37. The fourth-order valence-corrected chi connectivity index (χ4v) is 4.70. The van der Waals surface area contributed by atoms with Gasteiger partial charge in [-0.1, -0.05) is 55.0 Å². The Labute approximate surface area is 198 Å².